The molecule has 0 saturated carbocycles. The number of halogens is 1. The molecule has 316 valence electrons. The molecule has 0 spiro atoms. The first-order valence-corrected chi connectivity index (χ1v) is 21.1. The molecule has 5 heterocycles. The summed E-state index contributed by atoms with van der Waals surface area (Å²) in [7, 11) is 0. The molecular formula is C46H56FN9O4. The Hall–Kier alpha value is -6.02. The Balaban J connectivity index is 0.833. The molecule has 1 unspecified atom stereocenters. The van der Waals surface area contributed by atoms with Gasteiger partial charge in [-0.2, -0.15) is 0 Å². The highest BCUT2D eigenvalue weighted by atomic mass is 19.1. The second-order valence-electron chi connectivity index (χ2n) is 17.0. The zero-order valence-electron chi connectivity index (χ0n) is 34.3. The lowest BCUT2D eigenvalue weighted by atomic mass is 9.86. The van der Waals surface area contributed by atoms with Crippen molar-refractivity contribution in [2.75, 3.05) is 57.3 Å². The van der Waals surface area contributed by atoms with Crippen LogP contribution >= 0.6 is 0 Å². The number of nitrogens with zero attached hydrogens (tertiary/aromatic N) is 5. The lowest BCUT2D eigenvalue weighted by Gasteiger charge is -2.41. The van der Waals surface area contributed by atoms with Crippen LogP contribution in [-0.2, 0) is 4.79 Å². The summed E-state index contributed by atoms with van der Waals surface area (Å²) in [5.41, 5.74) is 23.5. The number of amides is 4. The third-order valence-electron chi connectivity index (χ3n) is 13.0. The van der Waals surface area contributed by atoms with Gasteiger partial charge < -0.3 is 41.6 Å². The number of carbonyl (C=O) groups is 3. The third kappa shape index (κ3) is 8.51. The highest BCUT2D eigenvalue weighted by Crippen LogP contribution is 2.36. The average Bonchev–Trinajstić information content (AvgIpc) is 3.66. The summed E-state index contributed by atoms with van der Waals surface area (Å²) in [6, 6.07) is 20.7. The van der Waals surface area contributed by atoms with Crippen molar-refractivity contribution in [1.82, 2.24) is 24.6 Å². The fraction of sp³-hybridized carbons (Fsp3) is 0.413. The van der Waals surface area contributed by atoms with Gasteiger partial charge in [-0.25, -0.2) is 9.18 Å². The number of benzene rings is 3. The molecule has 4 aromatic rings. The molecule has 14 heteroatoms. The van der Waals surface area contributed by atoms with Crippen molar-refractivity contribution in [2.45, 2.75) is 69.5 Å². The van der Waals surface area contributed by atoms with Gasteiger partial charge in [0.2, 0.25) is 5.91 Å². The van der Waals surface area contributed by atoms with E-state index < -0.39 is 11.7 Å². The van der Waals surface area contributed by atoms with Crippen molar-refractivity contribution in [2.24, 2.45) is 17.2 Å². The van der Waals surface area contributed by atoms with Crippen LogP contribution in [0.5, 0.6) is 5.75 Å². The van der Waals surface area contributed by atoms with Crippen LogP contribution in [0.25, 0.3) is 16.6 Å². The number of likely N-dealkylation sites (tertiary alicyclic amines) is 3. The molecule has 1 aromatic heterocycles. The predicted molar refractivity (Wildman–Crippen MR) is 232 cm³/mol. The number of phenols is 1. The number of fused-ring (bicyclic) bond motifs is 1. The minimum absolute atomic E-state index is 0.0657. The number of piperidine rings is 3. The monoisotopic (exact) mass is 817 g/mol. The lowest BCUT2D eigenvalue weighted by molar-refractivity contribution is -0.120. The number of nitrogens with one attached hydrogen (secondary N) is 1. The van der Waals surface area contributed by atoms with Gasteiger partial charge in [0, 0.05) is 123 Å². The number of nitrogens with two attached hydrogens (primary N) is 3. The minimum Gasteiger partial charge on any atom is -0.507 e. The van der Waals surface area contributed by atoms with Crippen LogP contribution in [0.15, 0.2) is 90.5 Å². The zero-order chi connectivity index (χ0) is 42.1. The topological polar surface area (TPSA) is 179 Å². The highest BCUT2D eigenvalue weighted by Gasteiger charge is 2.39. The number of anilines is 1. The van der Waals surface area contributed by atoms with Gasteiger partial charge in [-0.3, -0.25) is 19.8 Å². The third-order valence-corrected chi connectivity index (χ3v) is 13.0. The van der Waals surface area contributed by atoms with E-state index in [0.717, 1.165) is 73.0 Å². The van der Waals surface area contributed by atoms with Crippen molar-refractivity contribution < 1.29 is 23.9 Å². The molecule has 4 amide bonds. The van der Waals surface area contributed by atoms with Crippen molar-refractivity contribution in [1.29, 1.82) is 0 Å². The summed E-state index contributed by atoms with van der Waals surface area (Å²) in [5, 5.41) is 13.7. The smallest absolute Gasteiger partial charge is 0.328 e. The van der Waals surface area contributed by atoms with E-state index in [1.807, 2.05) is 43.3 Å². The van der Waals surface area contributed by atoms with E-state index in [1.165, 1.54) is 0 Å². The Labute approximate surface area is 350 Å². The van der Waals surface area contributed by atoms with Crippen LogP contribution in [0.4, 0.5) is 14.9 Å². The van der Waals surface area contributed by atoms with E-state index in [-0.39, 0.29) is 35.7 Å². The standard InChI is InChI=1S/C46H56FN9O4/c1-30-25-32(8-10-36(30)33-5-4-18-54(28-33)40(43(49)50)27-38(48)37-6-2-3-7-41(37)57)44(59)53-23-16-46(47,17-24-53)29-52-19-13-34(14-20-52)55-21-12-31-26-35(9-11-39(31)55)56-22-15-42(58)51-45(56)60/h2-3,6-12,21,25-27,33-34,57H,4-5,13-20,22-24,28-29,48-50H2,1H3,(H,51,58,60)/b38-27-. The number of imide groups is 1. The summed E-state index contributed by atoms with van der Waals surface area (Å²) >= 11 is 0. The molecule has 0 bridgehead atoms. The molecule has 13 nitrogen and oxygen atoms in total. The number of aromatic nitrogens is 1. The average molecular weight is 818 g/mol. The molecule has 4 aliphatic rings. The van der Waals surface area contributed by atoms with Crippen molar-refractivity contribution >= 4 is 40.1 Å². The maximum atomic E-state index is 16.4. The summed E-state index contributed by atoms with van der Waals surface area (Å²) in [6.07, 6.45) is 8.42. The van der Waals surface area contributed by atoms with Crippen LogP contribution in [0.2, 0.25) is 0 Å². The molecular weight excluding hydrogens is 762 g/mol. The number of aromatic hydroxyl groups is 1. The molecule has 8 N–H and O–H groups in total. The van der Waals surface area contributed by atoms with Crippen LogP contribution in [0.1, 0.15) is 84.0 Å². The maximum Gasteiger partial charge on any atom is 0.328 e. The van der Waals surface area contributed by atoms with Crippen LogP contribution in [-0.4, -0.2) is 100 Å². The van der Waals surface area contributed by atoms with Gasteiger partial charge in [0.25, 0.3) is 5.91 Å². The Kier molecular flexibility index (Phi) is 11.5. The maximum absolute atomic E-state index is 16.4. The number of rotatable bonds is 9. The van der Waals surface area contributed by atoms with E-state index in [0.29, 0.717) is 74.1 Å². The molecule has 8 rings (SSSR count). The Morgan fingerprint density at radius 3 is 2.40 bits per heavy atom. The largest absolute Gasteiger partial charge is 0.507 e. The Morgan fingerprint density at radius 1 is 0.917 bits per heavy atom. The number of alkyl halides is 1. The van der Waals surface area contributed by atoms with E-state index in [4.69, 9.17) is 17.2 Å². The van der Waals surface area contributed by atoms with E-state index in [2.05, 4.69) is 38.0 Å². The number of phenolic OH excluding ortho intramolecular Hbond substituents is 1. The van der Waals surface area contributed by atoms with Gasteiger partial charge in [0.15, 0.2) is 0 Å². The molecule has 0 aliphatic carbocycles. The number of allylic oxidation sites excluding steroid dienone is 1. The molecule has 4 fully saturated rings. The number of aryl methyl sites for hydroxylation is 1. The van der Waals surface area contributed by atoms with Crippen LogP contribution in [0.3, 0.4) is 0 Å². The molecule has 4 saturated heterocycles. The minimum atomic E-state index is -1.35. The number of para-hydroxylation sites is 1. The normalized spacial score (nSPS) is 20.7. The van der Waals surface area contributed by atoms with Gasteiger partial charge in [0.05, 0.1) is 5.70 Å². The fourth-order valence-electron chi connectivity index (χ4n) is 9.67. The summed E-state index contributed by atoms with van der Waals surface area (Å²) < 4.78 is 18.7. The second-order valence-corrected chi connectivity index (χ2v) is 17.0. The number of hydrogen-bond donors (Lipinski definition) is 5. The molecule has 0 radical (unpaired) electrons. The van der Waals surface area contributed by atoms with E-state index in [1.54, 1.807) is 34.1 Å². The molecule has 4 aliphatic heterocycles. The summed E-state index contributed by atoms with van der Waals surface area (Å²) in [4.78, 5) is 45.5. The van der Waals surface area contributed by atoms with Crippen molar-refractivity contribution in [3.05, 3.63) is 113 Å². The number of urea groups is 1. The van der Waals surface area contributed by atoms with E-state index in [9.17, 15) is 19.5 Å². The molecule has 3 aromatic carbocycles. The van der Waals surface area contributed by atoms with Crippen molar-refractivity contribution in [3.63, 3.8) is 0 Å². The van der Waals surface area contributed by atoms with Crippen molar-refractivity contribution in [3.8, 4) is 5.75 Å². The van der Waals surface area contributed by atoms with E-state index >= 15 is 4.39 Å². The van der Waals surface area contributed by atoms with Crippen LogP contribution in [0, 0.1) is 6.92 Å². The first kappa shape index (κ1) is 40.7. The predicted octanol–water partition coefficient (Wildman–Crippen LogP) is 5.65. The molecule has 1 atom stereocenters. The quantitative estimate of drug-likeness (QED) is 0.134. The van der Waals surface area contributed by atoms with Crippen LogP contribution < -0.4 is 27.4 Å². The lowest BCUT2D eigenvalue weighted by Crippen LogP contribution is -2.51. The van der Waals surface area contributed by atoms with Gasteiger partial charge in [-0.05, 0) is 98.3 Å². The SMILES string of the molecule is Cc1cc(C(=O)N2CCC(F)(CN3CCC(n4ccc5cc(N6CCC(=O)NC6=O)ccc54)CC3)CC2)ccc1C1CCCN(C(/C=C(\N)c2ccccc2O)=C(N)N)C1. The first-order valence-electron chi connectivity index (χ1n) is 21.1. The second kappa shape index (κ2) is 16.9. The number of carbonyl (C=O) groups excluding carboxylic acids is 3. The van der Waals surface area contributed by atoms with Gasteiger partial charge in [0.1, 0.15) is 17.2 Å². The zero-order valence-corrected chi connectivity index (χ0v) is 34.3. The van der Waals surface area contributed by atoms with Gasteiger partial charge in [-0.1, -0.05) is 18.2 Å². The molecule has 60 heavy (non-hydrogen) atoms. The number of hydrogen-bond acceptors (Lipinski definition) is 9. The van der Waals surface area contributed by atoms with Gasteiger partial charge in [-0.15, -0.1) is 0 Å². The fourth-order valence-corrected chi connectivity index (χ4v) is 9.67. The Morgan fingerprint density at radius 2 is 1.68 bits per heavy atom. The Bertz CT molecular complexity index is 2340. The summed E-state index contributed by atoms with van der Waals surface area (Å²) in [6.45, 7) is 6.55. The highest BCUT2D eigenvalue weighted by molar-refractivity contribution is 6.06. The van der Waals surface area contributed by atoms with Gasteiger partial charge >= 0.3 is 6.03 Å². The first-order chi connectivity index (χ1) is 28.9. The summed E-state index contributed by atoms with van der Waals surface area (Å²) in [5.74, 6) is 0.104.